The number of imide groups is 1. The van der Waals surface area contributed by atoms with Crippen molar-refractivity contribution in [1.29, 1.82) is 0 Å². The number of carbonyl (C=O) groups excluding carboxylic acids is 4. The predicted molar refractivity (Wildman–Crippen MR) is 109 cm³/mol. The van der Waals surface area contributed by atoms with Gasteiger partial charge in [-0.15, -0.1) is 0 Å². The van der Waals surface area contributed by atoms with Crippen LogP contribution in [0.1, 0.15) is 50.7 Å². The maximum absolute atomic E-state index is 13.1. The van der Waals surface area contributed by atoms with Crippen LogP contribution in [-0.2, 0) is 24.7 Å². The van der Waals surface area contributed by atoms with Gasteiger partial charge in [-0.25, -0.2) is 4.79 Å². The van der Waals surface area contributed by atoms with Gasteiger partial charge in [0.15, 0.2) is 0 Å². The summed E-state index contributed by atoms with van der Waals surface area (Å²) in [6.45, 7) is 6.31. The first-order chi connectivity index (χ1) is 14.2. The van der Waals surface area contributed by atoms with Gasteiger partial charge in [0, 0.05) is 13.1 Å². The van der Waals surface area contributed by atoms with Crippen molar-refractivity contribution in [1.82, 2.24) is 15.1 Å². The van der Waals surface area contributed by atoms with E-state index in [-0.39, 0.29) is 24.3 Å². The van der Waals surface area contributed by atoms with Crippen LogP contribution in [0.2, 0.25) is 0 Å². The Bertz CT molecular complexity index is 843. The molecule has 0 aromatic heterocycles. The van der Waals surface area contributed by atoms with E-state index >= 15 is 0 Å². The molecule has 0 radical (unpaired) electrons. The van der Waals surface area contributed by atoms with Gasteiger partial charge in [0.25, 0.3) is 5.91 Å². The third-order valence-corrected chi connectivity index (χ3v) is 6.11. The highest BCUT2D eigenvalue weighted by molar-refractivity contribution is 6.09. The number of urea groups is 1. The molecular formula is C22H29N3O5. The maximum atomic E-state index is 13.1. The monoisotopic (exact) mass is 415 g/mol. The SMILES string of the molecule is COC(=O)C1CCN(C(=O)CN2C(=O)N[C@@](C)(c3ccc(C(C)C)cc3)C2=O)CC1. The van der Waals surface area contributed by atoms with Gasteiger partial charge < -0.3 is 15.0 Å². The van der Waals surface area contributed by atoms with Crippen LogP contribution in [-0.4, -0.2) is 60.4 Å². The number of nitrogens with zero attached hydrogens (tertiary/aromatic N) is 2. The van der Waals surface area contributed by atoms with E-state index in [1.807, 2.05) is 24.3 Å². The van der Waals surface area contributed by atoms with Gasteiger partial charge in [0.2, 0.25) is 5.91 Å². The molecule has 8 nitrogen and oxygen atoms in total. The summed E-state index contributed by atoms with van der Waals surface area (Å²) in [5, 5.41) is 2.74. The second kappa shape index (κ2) is 8.45. The van der Waals surface area contributed by atoms with E-state index in [0.29, 0.717) is 37.4 Å². The molecule has 2 heterocycles. The molecule has 0 saturated carbocycles. The predicted octanol–water partition coefficient (Wildman–Crippen LogP) is 1.99. The van der Waals surface area contributed by atoms with Crippen molar-refractivity contribution < 1.29 is 23.9 Å². The van der Waals surface area contributed by atoms with Crippen molar-refractivity contribution in [3.8, 4) is 0 Å². The van der Waals surface area contributed by atoms with Crippen LogP contribution in [0.25, 0.3) is 0 Å². The van der Waals surface area contributed by atoms with Crippen molar-refractivity contribution in [3.63, 3.8) is 0 Å². The van der Waals surface area contributed by atoms with Crippen LogP contribution >= 0.6 is 0 Å². The second-order valence-electron chi connectivity index (χ2n) is 8.40. The smallest absolute Gasteiger partial charge is 0.325 e. The number of hydrogen-bond acceptors (Lipinski definition) is 5. The fourth-order valence-electron chi connectivity index (χ4n) is 4.00. The Hall–Kier alpha value is -2.90. The maximum Gasteiger partial charge on any atom is 0.325 e. The van der Waals surface area contributed by atoms with E-state index < -0.39 is 17.5 Å². The number of rotatable bonds is 5. The zero-order valence-corrected chi connectivity index (χ0v) is 17.9. The summed E-state index contributed by atoms with van der Waals surface area (Å²) in [6.07, 6.45) is 1.02. The molecule has 2 aliphatic rings. The van der Waals surface area contributed by atoms with Crippen molar-refractivity contribution in [2.75, 3.05) is 26.7 Å². The average molecular weight is 415 g/mol. The molecule has 0 unspecified atom stereocenters. The number of amides is 4. The average Bonchev–Trinajstić information content (AvgIpc) is 2.97. The minimum Gasteiger partial charge on any atom is -0.469 e. The lowest BCUT2D eigenvalue weighted by molar-refractivity contribution is -0.149. The minimum absolute atomic E-state index is 0.215. The van der Waals surface area contributed by atoms with Gasteiger partial charge in [-0.2, -0.15) is 0 Å². The Morgan fingerprint density at radius 3 is 2.30 bits per heavy atom. The lowest BCUT2D eigenvalue weighted by Gasteiger charge is -2.31. The minimum atomic E-state index is -1.20. The van der Waals surface area contributed by atoms with Crippen LogP contribution in [0.5, 0.6) is 0 Å². The first-order valence-electron chi connectivity index (χ1n) is 10.3. The van der Waals surface area contributed by atoms with E-state index in [4.69, 9.17) is 4.74 Å². The van der Waals surface area contributed by atoms with Gasteiger partial charge in [-0.3, -0.25) is 19.3 Å². The van der Waals surface area contributed by atoms with Crippen LogP contribution < -0.4 is 5.32 Å². The number of carbonyl (C=O) groups is 4. The van der Waals surface area contributed by atoms with Crippen molar-refractivity contribution in [2.24, 2.45) is 5.92 Å². The fourth-order valence-corrected chi connectivity index (χ4v) is 4.00. The fraction of sp³-hybridized carbons (Fsp3) is 0.545. The molecule has 0 spiro atoms. The lowest BCUT2D eigenvalue weighted by Crippen LogP contribution is -2.47. The van der Waals surface area contributed by atoms with Gasteiger partial charge >= 0.3 is 12.0 Å². The van der Waals surface area contributed by atoms with Gasteiger partial charge in [0.05, 0.1) is 13.0 Å². The van der Waals surface area contributed by atoms with E-state index in [1.165, 1.54) is 7.11 Å². The zero-order valence-electron chi connectivity index (χ0n) is 17.9. The molecule has 1 N–H and O–H groups in total. The van der Waals surface area contributed by atoms with E-state index in [1.54, 1.807) is 11.8 Å². The molecule has 1 atom stereocenters. The number of benzene rings is 1. The summed E-state index contributed by atoms with van der Waals surface area (Å²) < 4.78 is 4.76. The Kier molecular flexibility index (Phi) is 6.14. The number of methoxy groups -OCH3 is 1. The first kappa shape index (κ1) is 21.8. The summed E-state index contributed by atoms with van der Waals surface area (Å²) in [5.41, 5.74) is 0.616. The number of piperidine rings is 1. The molecule has 4 amide bonds. The molecular weight excluding hydrogens is 386 g/mol. The molecule has 162 valence electrons. The van der Waals surface area contributed by atoms with Crippen molar-refractivity contribution in [2.45, 2.75) is 45.1 Å². The number of hydrogen-bond donors (Lipinski definition) is 1. The summed E-state index contributed by atoms with van der Waals surface area (Å²) in [4.78, 5) is 52.5. The second-order valence-corrected chi connectivity index (χ2v) is 8.40. The summed E-state index contributed by atoms with van der Waals surface area (Å²) in [5.74, 6) is -0.870. The quantitative estimate of drug-likeness (QED) is 0.586. The first-order valence-corrected chi connectivity index (χ1v) is 10.3. The van der Waals surface area contributed by atoms with Gasteiger partial charge in [-0.05, 0) is 36.8 Å². The molecule has 0 aliphatic carbocycles. The lowest BCUT2D eigenvalue weighted by atomic mass is 9.90. The molecule has 8 heteroatoms. The van der Waals surface area contributed by atoms with Gasteiger partial charge in [-0.1, -0.05) is 38.1 Å². The topological polar surface area (TPSA) is 96.0 Å². The Morgan fingerprint density at radius 1 is 1.17 bits per heavy atom. The highest BCUT2D eigenvalue weighted by Gasteiger charge is 2.49. The van der Waals surface area contributed by atoms with Crippen LogP contribution in [0.3, 0.4) is 0 Å². The van der Waals surface area contributed by atoms with E-state index in [0.717, 1.165) is 10.5 Å². The third-order valence-electron chi connectivity index (χ3n) is 6.11. The van der Waals surface area contributed by atoms with Crippen molar-refractivity contribution >= 4 is 23.8 Å². The molecule has 0 bridgehead atoms. The van der Waals surface area contributed by atoms with Crippen LogP contribution in [0, 0.1) is 5.92 Å². The molecule has 30 heavy (non-hydrogen) atoms. The summed E-state index contributed by atoms with van der Waals surface area (Å²) in [6, 6.07) is 7.01. The Balaban J connectivity index is 1.66. The Labute approximate surface area is 176 Å². The molecule has 2 saturated heterocycles. The zero-order chi connectivity index (χ0) is 22.1. The number of likely N-dealkylation sites (tertiary alicyclic amines) is 1. The van der Waals surface area contributed by atoms with Crippen molar-refractivity contribution in [3.05, 3.63) is 35.4 Å². The summed E-state index contributed by atoms with van der Waals surface area (Å²) >= 11 is 0. The number of esters is 1. The highest BCUT2D eigenvalue weighted by atomic mass is 16.5. The van der Waals surface area contributed by atoms with Gasteiger partial charge in [0.1, 0.15) is 12.1 Å². The van der Waals surface area contributed by atoms with E-state index in [2.05, 4.69) is 19.2 Å². The molecule has 3 rings (SSSR count). The molecule has 2 fully saturated rings. The standard InChI is InChI=1S/C22H29N3O5/c1-14(2)15-5-7-17(8-6-15)22(3)20(28)25(21(29)23-22)13-18(26)24-11-9-16(10-12-24)19(27)30-4/h5-8,14,16H,9-13H2,1-4H3,(H,23,29)/t22-/m0/s1. The number of ether oxygens (including phenoxy) is 1. The Morgan fingerprint density at radius 2 is 1.77 bits per heavy atom. The summed E-state index contributed by atoms with van der Waals surface area (Å²) in [7, 11) is 1.35. The molecule has 1 aromatic rings. The normalized spacial score (nSPS) is 22.4. The molecule has 2 aliphatic heterocycles. The third kappa shape index (κ3) is 4.04. The number of nitrogens with one attached hydrogen (secondary N) is 1. The largest absolute Gasteiger partial charge is 0.469 e. The van der Waals surface area contributed by atoms with Crippen LogP contribution in [0.4, 0.5) is 4.79 Å². The highest BCUT2D eigenvalue weighted by Crippen LogP contribution is 2.30. The van der Waals surface area contributed by atoms with Crippen LogP contribution in [0.15, 0.2) is 24.3 Å². The molecule has 1 aromatic carbocycles. The van der Waals surface area contributed by atoms with E-state index in [9.17, 15) is 19.2 Å².